The summed E-state index contributed by atoms with van der Waals surface area (Å²) < 4.78 is 31.9. The van der Waals surface area contributed by atoms with Crippen molar-refractivity contribution >= 4 is 22.4 Å². The summed E-state index contributed by atoms with van der Waals surface area (Å²) in [5.41, 5.74) is 0.390. The molecule has 1 amide bonds. The van der Waals surface area contributed by atoms with E-state index in [1.807, 2.05) is 0 Å². The Labute approximate surface area is 142 Å². The third-order valence-corrected chi connectivity index (χ3v) is 4.52. The summed E-state index contributed by atoms with van der Waals surface area (Å²) in [6, 6.07) is 3.50. The first kappa shape index (κ1) is 16.9. The van der Waals surface area contributed by atoms with Crippen molar-refractivity contribution in [3.63, 3.8) is 0 Å². The molecule has 0 saturated carbocycles. The van der Waals surface area contributed by atoms with Crippen molar-refractivity contribution in [1.29, 1.82) is 0 Å². The van der Waals surface area contributed by atoms with E-state index in [9.17, 15) is 13.6 Å². The van der Waals surface area contributed by atoms with Crippen molar-refractivity contribution < 1.29 is 18.3 Å². The fourth-order valence-electron chi connectivity index (χ4n) is 2.44. The van der Waals surface area contributed by atoms with Gasteiger partial charge in [0.25, 0.3) is 0 Å². The van der Waals surface area contributed by atoms with E-state index in [4.69, 9.17) is 4.74 Å². The van der Waals surface area contributed by atoms with Gasteiger partial charge in [-0.25, -0.2) is 13.8 Å². The van der Waals surface area contributed by atoms with E-state index in [1.54, 1.807) is 6.20 Å². The molecule has 0 spiro atoms. The Morgan fingerprint density at radius 3 is 3.08 bits per heavy atom. The molecule has 1 aromatic carbocycles. The summed E-state index contributed by atoms with van der Waals surface area (Å²) in [5, 5.41) is 6.41. The van der Waals surface area contributed by atoms with Crippen LogP contribution in [-0.2, 0) is 16.0 Å². The number of halogens is 2. The number of aromatic nitrogens is 1. The molecular weight excluding hydrogens is 336 g/mol. The second-order valence-corrected chi connectivity index (χ2v) is 6.64. The molecule has 0 bridgehead atoms. The number of carbonyl (C=O) groups excluding carboxylic acids is 1. The van der Waals surface area contributed by atoms with Gasteiger partial charge in [-0.3, -0.25) is 4.79 Å². The maximum Gasteiger partial charge on any atom is 0.227 e. The monoisotopic (exact) mass is 353 g/mol. The predicted octanol–water partition coefficient (Wildman–Crippen LogP) is 2.33. The molecule has 1 saturated heterocycles. The maximum atomic E-state index is 13.7. The van der Waals surface area contributed by atoms with Crippen molar-refractivity contribution in [3.8, 4) is 0 Å². The minimum absolute atomic E-state index is 0.00601. The van der Waals surface area contributed by atoms with E-state index >= 15 is 0 Å². The van der Waals surface area contributed by atoms with E-state index in [2.05, 4.69) is 15.6 Å². The summed E-state index contributed by atoms with van der Waals surface area (Å²) >= 11 is 1.28. The Bertz CT molecular complexity index is 717. The number of hydrogen-bond acceptors (Lipinski definition) is 5. The minimum atomic E-state index is -0.603. The van der Waals surface area contributed by atoms with Crippen LogP contribution in [0, 0.1) is 11.6 Å². The van der Waals surface area contributed by atoms with Gasteiger partial charge >= 0.3 is 0 Å². The number of carbonyl (C=O) groups is 1. The number of thiazole rings is 1. The van der Waals surface area contributed by atoms with Crippen LogP contribution in [0.25, 0.3) is 0 Å². The van der Waals surface area contributed by atoms with Gasteiger partial charge in [0.1, 0.15) is 11.6 Å². The molecule has 2 heterocycles. The van der Waals surface area contributed by atoms with Gasteiger partial charge in [-0.2, -0.15) is 0 Å². The standard InChI is InChI=1S/C16H17F2N3O2S/c17-11-2-1-10(14(18)6-11)5-13-8-20-16(24-13)21-15(22)7-12-9-23-4-3-19-12/h1-2,6,8,12,19H,3-5,7,9H2,(H,20,21,22). The lowest BCUT2D eigenvalue weighted by molar-refractivity contribution is -0.117. The highest BCUT2D eigenvalue weighted by molar-refractivity contribution is 7.15. The van der Waals surface area contributed by atoms with E-state index in [0.717, 1.165) is 17.5 Å². The zero-order valence-electron chi connectivity index (χ0n) is 12.9. The number of amides is 1. The van der Waals surface area contributed by atoms with Gasteiger partial charge in [-0.1, -0.05) is 6.07 Å². The van der Waals surface area contributed by atoms with E-state index in [1.165, 1.54) is 23.5 Å². The number of ether oxygens (including phenoxy) is 1. The molecule has 1 aliphatic rings. The van der Waals surface area contributed by atoms with Gasteiger partial charge in [-0.15, -0.1) is 11.3 Å². The van der Waals surface area contributed by atoms with Gasteiger partial charge in [0.15, 0.2) is 5.13 Å². The number of hydrogen-bond donors (Lipinski definition) is 2. The molecule has 1 atom stereocenters. The van der Waals surface area contributed by atoms with Crippen LogP contribution in [-0.4, -0.2) is 36.7 Å². The van der Waals surface area contributed by atoms with Crippen LogP contribution >= 0.6 is 11.3 Å². The normalized spacial score (nSPS) is 17.7. The average molecular weight is 353 g/mol. The summed E-state index contributed by atoms with van der Waals surface area (Å²) in [6.45, 7) is 1.91. The molecular formula is C16H17F2N3O2S. The third kappa shape index (κ3) is 4.56. The first-order valence-electron chi connectivity index (χ1n) is 7.60. The molecule has 1 unspecified atom stereocenters. The second-order valence-electron chi connectivity index (χ2n) is 5.52. The van der Waals surface area contributed by atoms with Crippen LogP contribution in [0.15, 0.2) is 24.4 Å². The van der Waals surface area contributed by atoms with Gasteiger partial charge in [-0.05, 0) is 11.6 Å². The first-order chi connectivity index (χ1) is 11.6. The molecule has 1 fully saturated rings. The van der Waals surface area contributed by atoms with E-state index in [-0.39, 0.29) is 11.9 Å². The molecule has 8 heteroatoms. The third-order valence-electron chi connectivity index (χ3n) is 3.61. The summed E-state index contributed by atoms with van der Waals surface area (Å²) in [4.78, 5) is 16.9. The van der Waals surface area contributed by atoms with Crippen molar-refractivity contribution in [2.24, 2.45) is 0 Å². The van der Waals surface area contributed by atoms with Gasteiger partial charge < -0.3 is 15.4 Å². The van der Waals surface area contributed by atoms with Gasteiger partial charge in [0, 0.05) is 42.6 Å². The van der Waals surface area contributed by atoms with Gasteiger partial charge in [0.05, 0.1) is 13.2 Å². The Morgan fingerprint density at radius 1 is 1.46 bits per heavy atom. The second kappa shape index (κ2) is 7.78. The van der Waals surface area contributed by atoms with Crippen LogP contribution in [0.1, 0.15) is 16.9 Å². The van der Waals surface area contributed by atoms with Crippen LogP contribution in [0.2, 0.25) is 0 Å². The molecule has 3 rings (SSSR count). The van der Waals surface area contributed by atoms with Crippen LogP contribution in [0.4, 0.5) is 13.9 Å². The quantitative estimate of drug-likeness (QED) is 0.866. The van der Waals surface area contributed by atoms with Crippen molar-refractivity contribution in [2.75, 3.05) is 25.1 Å². The highest BCUT2D eigenvalue weighted by Gasteiger charge is 2.17. The Hall–Kier alpha value is -1.90. The number of rotatable bonds is 5. The molecule has 1 aromatic heterocycles. The smallest absolute Gasteiger partial charge is 0.227 e. The fourth-order valence-corrected chi connectivity index (χ4v) is 3.30. The Balaban J connectivity index is 1.55. The minimum Gasteiger partial charge on any atom is -0.378 e. The van der Waals surface area contributed by atoms with Crippen molar-refractivity contribution in [3.05, 3.63) is 46.5 Å². The number of benzene rings is 1. The number of nitrogens with zero attached hydrogens (tertiary/aromatic N) is 1. The zero-order chi connectivity index (χ0) is 16.9. The molecule has 2 aromatic rings. The number of anilines is 1. The molecule has 2 N–H and O–H groups in total. The van der Waals surface area contributed by atoms with Crippen LogP contribution in [0.3, 0.4) is 0 Å². The SMILES string of the molecule is O=C(CC1COCCN1)Nc1ncc(Cc2ccc(F)cc2F)s1. The lowest BCUT2D eigenvalue weighted by Crippen LogP contribution is -2.43. The molecule has 0 aliphatic carbocycles. The molecule has 5 nitrogen and oxygen atoms in total. The molecule has 1 aliphatic heterocycles. The number of morpholine rings is 1. The highest BCUT2D eigenvalue weighted by Crippen LogP contribution is 2.23. The first-order valence-corrected chi connectivity index (χ1v) is 8.41. The maximum absolute atomic E-state index is 13.7. The lowest BCUT2D eigenvalue weighted by atomic mass is 10.1. The van der Waals surface area contributed by atoms with Crippen molar-refractivity contribution in [1.82, 2.24) is 10.3 Å². The number of nitrogens with one attached hydrogen (secondary N) is 2. The molecule has 24 heavy (non-hydrogen) atoms. The van der Waals surface area contributed by atoms with Crippen LogP contribution in [0.5, 0.6) is 0 Å². The van der Waals surface area contributed by atoms with Gasteiger partial charge in [0.2, 0.25) is 5.91 Å². The Morgan fingerprint density at radius 2 is 2.33 bits per heavy atom. The average Bonchev–Trinajstić information content (AvgIpc) is 2.98. The van der Waals surface area contributed by atoms with E-state index in [0.29, 0.717) is 36.8 Å². The molecule has 128 valence electrons. The zero-order valence-corrected chi connectivity index (χ0v) is 13.7. The predicted molar refractivity (Wildman–Crippen MR) is 87.1 cm³/mol. The lowest BCUT2D eigenvalue weighted by Gasteiger charge is -2.22. The summed E-state index contributed by atoms with van der Waals surface area (Å²) in [6.07, 6.45) is 2.20. The Kier molecular flexibility index (Phi) is 5.49. The molecule has 0 radical (unpaired) electrons. The fraction of sp³-hybridized carbons (Fsp3) is 0.375. The van der Waals surface area contributed by atoms with Crippen molar-refractivity contribution in [2.45, 2.75) is 18.9 Å². The van der Waals surface area contributed by atoms with E-state index < -0.39 is 11.6 Å². The highest BCUT2D eigenvalue weighted by atomic mass is 32.1. The van der Waals surface area contributed by atoms with Crippen LogP contribution < -0.4 is 10.6 Å². The largest absolute Gasteiger partial charge is 0.378 e. The topological polar surface area (TPSA) is 63.2 Å². The summed E-state index contributed by atoms with van der Waals surface area (Å²) in [5.74, 6) is -1.34. The summed E-state index contributed by atoms with van der Waals surface area (Å²) in [7, 11) is 0.